The molecule has 3 heteroatoms. The average molecular weight is 256 g/mol. The Kier molecular flexibility index (Phi) is 7.06. The van der Waals surface area contributed by atoms with Crippen molar-refractivity contribution in [1.29, 1.82) is 0 Å². The van der Waals surface area contributed by atoms with Crippen molar-refractivity contribution >= 4 is 11.6 Å². The molecule has 0 fully saturated rings. The maximum Gasteiger partial charge on any atom is 0.120 e. The Morgan fingerprint density at radius 1 is 1.24 bits per heavy atom. The molecule has 96 valence electrons. The lowest BCUT2D eigenvalue weighted by Crippen LogP contribution is -2.13. The van der Waals surface area contributed by atoms with Crippen LogP contribution in [0.15, 0.2) is 18.2 Å². The number of methoxy groups -OCH3 is 1. The highest BCUT2D eigenvalue weighted by atomic mass is 35.5. The fourth-order valence-electron chi connectivity index (χ4n) is 1.78. The second-order valence-electron chi connectivity index (χ2n) is 4.12. The summed E-state index contributed by atoms with van der Waals surface area (Å²) in [5, 5.41) is 4.15. The van der Waals surface area contributed by atoms with Gasteiger partial charge < -0.3 is 10.1 Å². The van der Waals surface area contributed by atoms with E-state index in [9.17, 15) is 0 Å². The summed E-state index contributed by atoms with van der Waals surface area (Å²) in [6, 6.07) is 5.92. The van der Waals surface area contributed by atoms with E-state index in [-0.39, 0.29) is 0 Å². The van der Waals surface area contributed by atoms with Crippen molar-refractivity contribution < 1.29 is 4.74 Å². The van der Waals surface area contributed by atoms with Crippen LogP contribution < -0.4 is 10.1 Å². The summed E-state index contributed by atoms with van der Waals surface area (Å²) in [7, 11) is 1.66. The Morgan fingerprint density at radius 3 is 2.71 bits per heavy atom. The van der Waals surface area contributed by atoms with Crippen LogP contribution in [0.2, 0.25) is 5.02 Å². The van der Waals surface area contributed by atoms with Gasteiger partial charge in [0.15, 0.2) is 0 Å². The van der Waals surface area contributed by atoms with Crippen molar-refractivity contribution in [3.63, 3.8) is 0 Å². The molecule has 0 unspecified atom stereocenters. The van der Waals surface area contributed by atoms with Crippen LogP contribution in [0.4, 0.5) is 0 Å². The van der Waals surface area contributed by atoms with Crippen molar-refractivity contribution in [2.24, 2.45) is 0 Å². The molecule has 0 saturated carbocycles. The summed E-state index contributed by atoms with van der Waals surface area (Å²) in [5.74, 6) is 0.825. The van der Waals surface area contributed by atoms with Gasteiger partial charge in [-0.1, -0.05) is 31.0 Å². The largest absolute Gasteiger partial charge is 0.497 e. The van der Waals surface area contributed by atoms with Gasteiger partial charge in [-0.3, -0.25) is 0 Å². The molecule has 0 radical (unpaired) electrons. The number of unbranched alkanes of at least 4 members (excludes halogenated alkanes) is 2. The summed E-state index contributed by atoms with van der Waals surface area (Å²) in [6.45, 7) is 4.31. The first-order chi connectivity index (χ1) is 8.27. The van der Waals surface area contributed by atoms with Crippen LogP contribution in [0.5, 0.6) is 5.75 Å². The van der Waals surface area contributed by atoms with Crippen LogP contribution in [-0.4, -0.2) is 20.2 Å². The van der Waals surface area contributed by atoms with Crippen LogP contribution in [0.3, 0.4) is 0 Å². The minimum absolute atomic E-state index is 0.816. The number of nitrogens with one attached hydrogen (secondary N) is 1. The highest BCUT2D eigenvalue weighted by molar-refractivity contribution is 6.31. The number of benzene rings is 1. The van der Waals surface area contributed by atoms with Gasteiger partial charge in [-0.15, -0.1) is 0 Å². The molecule has 0 amide bonds. The smallest absolute Gasteiger partial charge is 0.120 e. The van der Waals surface area contributed by atoms with Gasteiger partial charge in [0, 0.05) is 5.02 Å². The maximum atomic E-state index is 6.18. The van der Waals surface area contributed by atoms with E-state index in [1.165, 1.54) is 24.8 Å². The Labute approximate surface area is 109 Å². The number of aryl methyl sites for hydroxylation is 1. The second-order valence-corrected chi connectivity index (χ2v) is 4.53. The SMILES string of the molecule is CCNCCCCCc1ccc(OC)cc1Cl. The van der Waals surface area contributed by atoms with Crippen LogP contribution in [0.1, 0.15) is 31.7 Å². The van der Waals surface area contributed by atoms with E-state index in [1.807, 2.05) is 12.1 Å². The lowest BCUT2D eigenvalue weighted by molar-refractivity contribution is 0.414. The van der Waals surface area contributed by atoms with Gasteiger partial charge in [-0.2, -0.15) is 0 Å². The fraction of sp³-hybridized carbons (Fsp3) is 0.571. The molecule has 17 heavy (non-hydrogen) atoms. The predicted octanol–water partition coefficient (Wildman–Crippen LogP) is 3.67. The fourth-order valence-corrected chi connectivity index (χ4v) is 2.04. The van der Waals surface area contributed by atoms with Crippen molar-refractivity contribution in [2.45, 2.75) is 32.6 Å². The molecule has 0 heterocycles. The first kappa shape index (κ1) is 14.3. The minimum atomic E-state index is 0.816. The summed E-state index contributed by atoms with van der Waals surface area (Å²) in [6.07, 6.45) is 4.73. The standard InChI is InChI=1S/C14H22ClNO/c1-3-16-10-6-4-5-7-12-8-9-13(17-2)11-14(12)15/h8-9,11,16H,3-7,10H2,1-2H3. The Bertz CT molecular complexity index is 328. The van der Waals surface area contributed by atoms with Gasteiger partial charge in [0.2, 0.25) is 0 Å². The molecule has 0 atom stereocenters. The molecule has 1 N–H and O–H groups in total. The van der Waals surface area contributed by atoms with Crippen molar-refractivity contribution in [3.05, 3.63) is 28.8 Å². The molecule has 1 aromatic carbocycles. The summed E-state index contributed by atoms with van der Waals surface area (Å²) in [5.41, 5.74) is 1.22. The monoisotopic (exact) mass is 255 g/mol. The zero-order chi connectivity index (χ0) is 12.5. The van der Waals surface area contributed by atoms with Gasteiger partial charge in [0.1, 0.15) is 5.75 Å². The van der Waals surface area contributed by atoms with E-state index in [1.54, 1.807) is 7.11 Å². The third-order valence-corrected chi connectivity index (χ3v) is 3.16. The summed E-state index contributed by atoms with van der Waals surface area (Å²) >= 11 is 6.18. The van der Waals surface area contributed by atoms with Gasteiger partial charge in [0.25, 0.3) is 0 Å². The Balaban J connectivity index is 2.27. The highest BCUT2D eigenvalue weighted by Crippen LogP contribution is 2.23. The summed E-state index contributed by atoms with van der Waals surface area (Å²) in [4.78, 5) is 0. The van der Waals surface area contributed by atoms with E-state index in [4.69, 9.17) is 16.3 Å². The average Bonchev–Trinajstić information content (AvgIpc) is 2.35. The highest BCUT2D eigenvalue weighted by Gasteiger charge is 2.02. The number of hydrogen-bond acceptors (Lipinski definition) is 2. The van der Waals surface area contributed by atoms with Crippen LogP contribution >= 0.6 is 11.6 Å². The normalized spacial score (nSPS) is 10.5. The maximum absolute atomic E-state index is 6.18. The molecule has 1 rings (SSSR count). The first-order valence-electron chi connectivity index (χ1n) is 6.31. The molecule has 0 spiro atoms. The van der Waals surface area contributed by atoms with Crippen LogP contribution in [-0.2, 0) is 6.42 Å². The molecule has 1 aromatic rings. The summed E-state index contributed by atoms with van der Waals surface area (Å²) < 4.78 is 5.13. The number of halogens is 1. The molecule has 0 aliphatic carbocycles. The molecule has 0 saturated heterocycles. The van der Waals surface area contributed by atoms with Crippen molar-refractivity contribution in [1.82, 2.24) is 5.32 Å². The molecular weight excluding hydrogens is 234 g/mol. The number of rotatable bonds is 8. The Morgan fingerprint density at radius 2 is 2.06 bits per heavy atom. The third-order valence-electron chi connectivity index (χ3n) is 2.81. The Hall–Kier alpha value is -0.730. The molecule has 0 bridgehead atoms. The van der Waals surface area contributed by atoms with E-state index in [0.29, 0.717) is 0 Å². The zero-order valence-electron chi connectivity index (χ0n) is 10.8. The second kappa shape index (κ2) is 8.37. The van der Waals surface area contributed by atoms with Crippen LogP contribution in [0.25, 0.3) is 0 Å². The topological polar surface area (TPSA) is 21.3 Å². The van der Waals surface area contributed by atoms with E-state index in [2.05, 4.69) is 18.3 Å². The first-order valence-corrected chi connectivity index (χ1v) is 6.69. The minimum Gasteiger partial charge on any atom is -0.497 e. The lowest BCUT2D eigenvalue weighted by Gasteiger charge is -2.07. The number of ether oxygens (including phenoxy) is 1. The predicted molar refractivity (Wildman–Crippen MR) is 74.1 cm³/mol. The van der Waals surface area contributed by atoms with Gasteiger partial charge in [-0.05, 0) is 50.0 Å². The molecule has 0 aliphatic heterocycles. The van der Waals surface area contributed by atoms with E-state index >= 15 is 0 Å². The van der Waals surface area contributed by atoms with E-state index in [0.717, 1.165) is 30.3 Å². The number of hydrogen-bond donors (Lipinski definition) is 1. The molecule has 0 aliphatic rings. The molecule has 0 aromatic heterocycles. The van der Waals surface area contributed by atoms with Crippen molar-refractivity contribution in [3.8, 4) is 5.75 Å². The van der Waals surface area contributed by atoms with Gasteiger partial charge >= 0.3 is 0 Å². The quantitative estimate of drug-likeness (QED) is 0.716. The van der Waals surface area contributed by atoms with Gasteiger partial charge in [-0.25, -0.2) is 0 Å². The van der Waals surface area contributed by atoms with E-state index < -0.39 is 0 Å². The van der Waals surface area contributed by atoms with Crippen molar-refractivity contribution in [2.75, 3.05) is 20.2 Å². The molecular formula is C14H22ClNO. The third kappa shape index (κ3) is 5.42. The molecule has 2 nitrogen and oxygen atoms in total. The lowest BCUT2D eigenvalue weighted by atomic mass is 10.1. The van der Waals surface area contributed by atoms with Crippen LogP contribution in [0, 0.1) is 0 Å². The van der Waals surface area contributed by atoms with Gasteiger partial charge in [0.05, 0.1) is 7.11 Å². The zero-order valence-corrected chi connectivity index (χ0v) is 11.5.